The molecule has 4 rings (SSSR count). The number of aliphatic hydroxyl groups is 2. The zero-order chi connectivity index (χ0) is 27.8. The van der Waals surface area contributed by atoms with Crippen LogP contribution in [0, 0.1) is 5.92 Å². The lowest BCUT2D eigenvalue weighted by atomic mass is 9.89. The molecule has 210 valence electrons. The van der Waals surface area contributed by atoms with Crippen LogP contribution >= 0.6 is 0 Å². The molecule has 1 fully saturated rings. The van der Waals surface area contributed by atoms with Crippen molar-refractivity contribution in [2.75, 3.05) is 13.2 Å². The van der Waals surface area contributed by atoms with Crippen molar-refractivity contribution in [3.8, 4) is 0 Å². The number of aliphatic hydroxyl groups excluding tert-OH is 2. The second-order valence-electron chi connectivity index (χ2n) is 10.0. The number of imidazole rings is 1. The van der Waals surface area contributed by atoms with Crippen LogP contribution < -0.4 is 0 Å². The SMILES string of the molecule is CC(=O)OC1C(OCC2C/C=C\CC(OC(=O)/C=C/c3cn(C)cn3)Cc3ccccc3C2)OCC(O)C1O. The quantitative estimate of drug-likeness (QED) is 0.308. The van der Waals surface area contributed by atoms with E-state index in [0.717, 1.165) is 11.1 Å². The van der Waals surface area contributed by atoms with Crippen molar-refractivity contribution in [3.63, 3.8) is 0 Å². The molecule has 0 amide bonds. The molecule has 2 heterocycles. The minimum Gasteiger partial charge on any atom is -0.459 e. The summed E-state index contributed by atoms with van der Waals surface area (Å²) in [5.74, 6) is -0.932. The maximum Gasteiger partial charge on any atom is 0.331 e. The summed E-state index contributed by atoms with van der Waals surface area (Å²) in [6.07, 6.45) is 8.25. The molecule has 2 aromatic rings. The number of esters is 2. The molecular formula is C29H36N2O8. The highest BCUT2D eigenvalue weighted by Gasteiger charge is 2.42. The summed E-state index contributed by atoms with van der Waals surface area (Å²) in [7, 11) is 1.86. The Kier molecular flexibility index (Phi) is 10.0. The first kappa shape index (κ1) is 28.7. The Hall–Kier alpha value is -3.31. The molecule has 0 radical (unpaired) electrons. The number of aryl methyl sites for hydroxylation is 1. The maximum absolute atomic E-state index is 12.5. The first-order valence-electron chi connectivity index (χ1n) is 13.1. The van der Waals surface area contributed by atoms with Crippen LogP contribution in [0.25, 0.3) is 6.08 Å². The third-order valence-electron chi connectivity index (χ3n) is 6.74. The number of allylic oxidation sites excluding steroid dienone is 1. The van der Waals surface area contributed by atoms with Crippen LogP contribution in [0.5, 0.6) is 0 Å². The molecule has 2 N–H and O–H groups in total. The van der Waals surface area contributed by atoms with Crippen molar-refractivity contribution in [1.82, 2.24) is 9.55 Å². The maximum atomic E-state index is 12.5. The van der Waals surface area contributed by atoms with Crippen LogP contribution in [0.3, 0.4) is 0 Å². The smallest absolute Gasteiger partial charge is 0.331 e. The lowest BCUT2D eigenvalue weighted by Crippen LogP contribution is -2.55. The molecule has 1 aromatic carbocycles. The summed E-state index contributed by atoms with van der Waals surface area (Å²) in [6, 6.07) is 8.06. The third-order valence-corrected chi connectivity index (χ3v) is 6.74. The van der Waals surface area contributed by atoms with Crippen LogP contribution in [0.15, 0.2) is 55.0 Å². The van der Waals surface area contributed by atoms with E-state index in [2.05, 4.69) is 17.1 Å². The van der Waals surface area contributed by atoms with Gasteiger partial charge < -0.3 is 33.7 Å². The summed E-state index contributed by atoms with van der Waals surface area (Å²) in [6.45, 7) is 1.41. The van der Waals surface area contributed by atoms with Crippen LogP contribution in [-0.2, 0) is 48.4 Å². The number of hydrogen-bond acceptors (Lipinski definition) is 9. The van der Waals surface area contributed by atoms with E-state index < -0.39 is 36.5 Å². The van der Waals surface area contributed by atoms with E-state index in [4.69, 9.17) is 18.9 Å². The van der Waals surface area contributed by atoms with E-state index in [0.29, 0.717) is 38.0 Å². The van der Waals surface area contributed by atoms with Gasteiger partial charge >= 0.3 is 11.9 Å². The van der Waals surface area contributed by atoms with E-state index in [1.54, 1.807) is 17.0 Å². The van der Waals surface area contributed by atoms with Crippen LogP contribution in [0.1, 0.15) is 36.6 Å². The number of hydrogen-bond donors (Lipinski definition) is 2. The highest BCUT2D eigenvalue weighted by atomic mass is 16.7. The van der Waals surface area contributed by atoms with E-state index in [-0.39, 0.29) is 18.6 Å². The van der Waals surface area contributed by atoms with Gasteiger partial charge in [0.15, 0.2) is 12.4 Å². The van der Waals surface area contributed by atoms with Crippen molar-refractivity contribution < 1.29 is 38.7 Å². The predicted octanol–water partition coefficient (Wildman–Crippen LogP) is 2.12. The lowest BCUT2D eigenvalue weighted by molar-refractivity contribution is -0.277. The van der Waals surface area contributed by atoms with Crippen molar-refractivity contribution in [2.24, 2.45) is 13.0 Å². The molecule has 6 unspecified atom stereocenters. The summed E-state index contributed by atoms with van der Waals surface area (Å²) in [5, 5.41) is 20.2. The monoisotopic (exact) mass is 540 g/mol. The molecule has 39 heavy (non-hydrogen) atoms. The standard InChI is InChI=1S/C29H36N2O8/c1-19(32)38-28-27(35)25(33)17-37-29(28)36-16-20-7-3-6-10-24(14-22-9-5-4-8-21(22)13-20)39-26(34)12-11-23-15-31(2)18-30-23/h3-6,8-9,11-12,15,18,20,24-25,27-29,33,35H,7,10,13-14,16-17H2,1-2H3/b6-3-,12-11+. The van der Waals surface area contributed by atoms with Crippen LogP contribution in [-0.4, -0.2) is 75.6 Å². The highest BCUT2D eigenvalue weighted by molar-refractivity contribution is 5.86. The number of fused-ring (bicyclic) bond motifs is 1. The Balaban J connectivity index is 1.40. The molecule has 6 atom stereocenters. The van der Waals surface area contributed by atoms with Crippen molar-refractivity contribution >= 4 is 18.0 Å². The number of carbonyl (C=O) groups excluding carboxylic acids is 2. The average molecular weight is 541 g/mol. The van der Waals surface area contributed by atoms with Gasteiger partial charge in [-0.1, -0.05) is 36.4 Å². The van der Waals surface area contributed by atoms with Crippen molar-refractivity contribution in [2.45, 2.75) is 63.3 Å². The summed E-state index contributed by atoms with van der Waals surface area (Å²) in [5.41, 5.74) is 2.90. The zero-order valence-corrected chi connectivity index (χ0v) is 22.2. The molecule has 2 aliphatic rings. The molecule has 1 aliphatic carbocycles. The van der Waals surface area contributed by atoms with Gasteiger partial charge in [-0.2, -0.15) is 0 Å². The third kappa shape index (κ3) is 8.34. The number of benzene rings is 1. The van der Waals surface area contributed by atoms with E-state index >= 15 is 0 Å². The first-order valence-corrected chi connectivity index (χ1v) is 13.1. The number of carbonyl (C=O) groups is 2. The molecule has 0 bridgehead atoms. The van der Waals surface area contributed by atoms with Gasteiger partial charge in [0.1, 0.15) is 18.3 Å². The summed E-state index contributed by atoms with van der Waals surface area (Å²) >= 11 is 0. The molecule has 1 aliphatic heterocycles. The fraction of sp³-hybridized carbons (Fsp3) is 0.483. The van der Waals surface area contributed by atoms with Crippen LogP contribution in [0.2, 0.25) is 0 Å². The Morgan fingerprint density at radius 2 is 1.87 bits per heavy atom. The fourth-order valence-electron chi connectivity index (χ4n) is 4.77. The van der Waals surface area contributed by atoms with Gasteiger partial charge in [-0.25, -0.2) is 9.78 Å². The number of ether oxygens (including phenoxy) is 4. The van der Waals surface area contributed by atoms with E-state index in [1.807, 2.05) is 37.5 Å². The molecule has 1 saturated heterocycles. The second kappa shape index (κ2) is 13.7. The highest BCUT2D eigenvalue weighted by Crippen LogP contribution is 2.25. The number of aromatic nitrogens is 2. The molecular weight excluding hydrogens is 504 g/mol. The molecule has 0 spiro atoms. The fourth-order valence-corrected chi connectivity index (χ4v) is 4.77. The molecule has 0 saturated carbocycles. The van der Waals surface area contributed by atoms with E-state index in [1.165, 1.54) is 13.0 Å². The zero-order valence-electron chi connectivity index (χ0n) is 22.2. The number of nitrogens with zero attached hydrogens (tertiary/aromatic N) is 2. The largest absolute Gasteiger partial charge is 0.459 e. The molecule has 10 nitrogen and oxygen atoms in total. The second-order valence-corrected chi connectivity index (χ2v) is 10.0. The van der Waals surface area contributed by atoms with Gasteiger partial charge in [-0.05, 0) is 36.0 Å². The van der Waals surface area contributed by atoms with Gasteiger partial charge in [0.25, 0.3) is 0 Å². The van der Waals surface area contributed by atoms with Crippen LogP contribution in [0.4, 0.5) is 0 Å². The predicted molar refractivity (Wildman–Crippen MR) is 141 cm³/mol. The minimum atomic E-state index is -1.30. The lowest BCUT2D eigenvalue weighted by Gasteiger charge is -2.37. The van der Waals surface area contributed by atoms with Crippen molar-refractivity contribution in [3.05, 3.63) is 71.8 Å². The Morgan fingerprint density at radius 1 is 1.13 bits per heavy atom. The molecule has 10 heteroatoms. The molecule has 1 aromatic heterocycles. The van der Waals surface area contributed by atoms with Gasteiger partial charge in [0, 0.05) is 39.1 Å². The Labute approximate surface area is 227 Å². The van der Waals surface area contributed by atoms with Gasteiger partial charge in [-0.3, -0.25) is 4.79 Å². The van der Waals surface area contributed by atoms with Gasteiger partial charge in [0.05, 0.1) is 25.2 Å². The Bertz CT molecular complexity index is 1180. The normalized spacial score (nSPS) is 28.4. The number of rotatable bonds is 7. The Morgan fingerprint density at radius 3 is 2.59 bits per heavy atom. The van der Waals surface area contributed by atoms with Gasteiger partial charge in [-0.15, -0.1) is 0 Å². The minimum absolute atomic E-state index is 0.0772. The topological polar surface area (TPSA) is 129 Å². The first-order chi connectivity index (χ1) is 18.8. The van der Waals surface area contributed by atoms with Crippen molar-refractivity contribution in [1.29, 1.82) is 0 Å². The van der Waals surface area contributed by atoms with Gasteiger partial charge in [0.2, 0.25) is 0 Å². The summed E-state index contributed by atoms with van der Waals surface area (Å²) < 4.78 is 24.3. The average Bonchev–Trinajstić information content (AvgIpc) is 3.33. The van der Waals surface area contributed by atoms with E-state index in [9.17, 15) is 19.8 Å². The summed E-state index contributed by atoms with van der Waals surface area (Å²) in [4.78, 5) is 28.2.